The van der Waals surface area contributed by atoms with Gasteiger partial charge in [0.1, 0.15) is 11.5 Å². The molecule has 0 aliphatic rings. The maximum absolute atomic E-state index is 12.0. The van der Waals surface area contributed by atoms with Crippen molar-refractivity contribution in [2.45, 2.75) is 0 Å². The first kappa shape index (κ1) is 13.6. The fourth-order valence-electron chi connectivity index (χ4n) is 1.63. The van der Waals surface area contributed by atoms with Crippen LogP contribution in [0.3, 0.4) is 0 Å². The summed E-state index contributed by atoms with van der Waals surface area (Å²) in [6, 6.07) is 11.9. The summed E-state index contributed by atoms with van der Waals surface area (Å²) in [4.78, 5) is 23.6. The number of benzene rings is 2. The second-order valence-corrected chi connectivity index (χ2v) is 3.92. The molecule has 5 nitrogen and oxygen atoms in total. The van der Waals surface area contributed by atoms with Crippen LogP contribution in [0.15, 0.2) is 48.5 Å². The minimum absolute atomic E-state index is 0.0692. The molecule has 0 fully saturated rings. The van der Waals surface area contributed by atoms with Crippen LogP contribution in [0.5, 0.6) is 11.5 Å². The van der Waals surface area contributed by atoms with Crippen LogP contribution in [-0.4, -0.2) is 24.2 Å². The van der Waals surface area contributed by atoms with Crippen molar-refractivity contribution in [3.8, 4) is 11.5 Å². The number of ether oxygens (including phenoxy) is 2. The Hall–Kier alpha value is -2.82. The normalized spacial score (nSPS) is 9.85. The van der Waals surface area contributed by atoms with E-state index in [1.165, 1.54) is 43.5 Å². The molecule has 2 aromatic rings. The minimum Gasteiger partial charge on any atom is -0.508 e. The maximum Gasteiger partial charge on any atom is 0.344 e. The van der Waals surface area contributed by atoms with Crippen molar-refractivity contribution in [3.05, 3.63) is 59.7 Å². The highest BCUT2D eigenvalue weighted by Gasteiger charge is 2.18. The predicted molar refractivity (Wildman–Crippen MR) is 70.8 cm³/mol. The van der Waals surface area contributed by atoms with Crippen LogP contribution in [0.4, 0.5) is 0 Å². The third kappa shape index (κ3) is 2.95. The Bertz CT molecular complexity index is 631. The molecule has 102 valence electrons. The second kappa shape index (κ2) is 5.88. The van der Waals surface area contributed by atoms with Crippen molar-refractivity contribution in [2.75, 3.05) is 7.11 Å². The molecule has 0 amide bonds. The van der Waals surface area contributed by atoms with Crippen LogP contribution >= 0.6 is 0 Å². The summed E-state index contributed by atoms with van der Waals surface area (Å²) in [6.07, 6.45) is 0. The third-order valence-electron chi connectivity index (χ3n) is 2.60. The van der Waals surface area contributed by atoms with E-state index in [9.17, 15) is 9.59 Å². The number of methoxy groups -OCH3 is 1. The summed E-state index contributed by atoms with van der Waals surface area (Å²) in [5.74, 6) is -0.938. The van der Waals surface area contributed by atoms with E-state index in [1.54, 1.807) is 12.1 Å². The SMILES string of the molecule is COC(=O)c1ccccc1C(=O)Oc1ccc(O)cc1. The Morgan fingerprint density at radius 1 is 0.900 bits per heavy atom. The van der Waals surface area contributed by atoms with E-state index < -0.39 is 11.9 Å². The van der Waals surface area contributed by atoms with Gasteiger partial charge >= 0.3 is 11.9 Å². The Labute approximate surface area is 115 Å². The summed E-state index contributed by atoms with van der Waals surface area (Å²) in [6.45, 7) is 0. The number of rotatable bonds is 3. The molecule has 0 heterocycles. The number of aromatic hydroxyl groups is 1. The Balaban J connectivity index is 2.25. The van der Waals surface area contributed by atoms with E-state index in [2.05, 4.69) is 4.74 Å². The van der Waals surface area contributed by atoms with Gasteiger partial charge in [-0.15, -0.1) is 0 Å². The molecular formula is C15H12O5. The molecule has 0 unspecified atom stereocenters. The Morgan fingerprint density at radius 3 is 2.00 bits per heavy atom. The Morgan fingerprint density at radius 2 is 1.45 bits per heavy atom. The summed E-state index contributed by atoms with van der Waals surface area (Å²) in [7, 11) is 1.24. The van der Waals surface area contributed by atoms with Crippen molar-refractivity contribution in [1.82, 2.24) is 0 Å². The van der Waals surface area contributed by atoms with Gasteiger partial charge in [0, 0.05) is 0 Å². The molecule has 20 heavy (non-hydrogen) atoms. The lowest BCUT2D eigenvalue weighted by molar-refractivity contribution is 0.0587. The molecule has 0 aliphatic carbocycles. The summed E-state index contributed by atoms with van der Waals surface area (Å²) >= 11 is 0. The monoisotopic (exact) mass is 272 g/mol. The zero-order valence-electron chi connectivity index (χ0n) is 10.7. The first-order valence-corrected chi connectivity index (χ1v) is 5.80. The molecule has 0 saturated carbocycles. The lowest BCUT2D eigenvalue weighted by atomic mass is 10.1. The van der Waals surface area contributed by atoms with E-state index in [0.29, 0.717) is 0 Å². The summed E-state index contributed by atoms with van der Waals surface area (Å²) in [5, 5.41) is 9.15. The van der Waals surface area contributed by atoms with E-state index in [0.717, 1.165) is 0 Å². The van der Waals surface area contributed by atoms with Gasteiger partial charge in [-0.1, -0.05) is 12.1 Å². The maximum atomic E-state index is 12.0. The number of carbonyl (C=O) groups is 2. The van der Waals surface area contributed by atoms with E-state index in [1.807, 2.05) is 0 Å². The highest BCUT2D eigenvalue weighted by molar-refractivity contribution is 6.03. The van der Waals surface area contributed by atoms with E-state index >= 15 is 0 Å². The lowest BCUT2D eigenvalue weighted by Gasteiger charge is -2.08. The average molecular weight is 272 g/mol. The van der Waals surface area contributed by atoms with Crippen molar-refractivity contribution >= 4 is 11.9 Å². The van der Waals surface area contributed by atoms with E-state index in [4.69, 9.17) is 9.84 Å². The van der Waals surface area contributed by atoms with Gasteiger partial charge in [0.05, 0.1) is 18.2 Å². The van der Waals surface area contributed by atoms with Crippen LogP contribution in [-0.2, 0) is 4.74 Å². The number of phenolic OH excluding ortho intramolecular Hbond substituents is 1. The molecule has 2 aromatic carbocycles. The van der Waals surface area contributed by atoms with Gasteiger partial charge in [-0.3, -0.25) is 0 Å². The largest absolute Gasteiger partial charge is 0.508 e. The summed E-state index contributed by atoms with van der Waals surface area (Å²) in [5.41, 5.74) is 0.256. The van der Waals surface area contributed by atoms with Crippen LogP contribution in [0, 0.1) is 0 Å². The molecule has 5 heteroatoms. The zero-order chi connectivity index (χ0) is 14.5. The van der Waals surface area contributed by atoms with Gasteiger partial charge in [0.15, 0.2) is 0 Å². The average Bonchev–Trinajstić information content (AvgIpc) is 2.48. The van der Waals surface area contributed by atoms with Gasteiger partial charge in [-0.25, -0.2) is 9.59 Å². The van der Waals surface area contributed by atoms with Gasteiger partial charge in [-0.2, -0.15) is 0 Å². The first-order chi connectivity index (χ1) is 9.61. The lowest BCUT2D eigenvalue weighted by Crippen LogP contribution is -2.14. The zero-order valence-corrected chi connectivity index (χ0v) is 10.7. The molecule has 0 aromatic heterocycles. The number of phenols is 1. The van der Waals surface area contributed by atoms with Crippen LogP contribution in [0.25, 0.3) is 0 Å². The van der Waals surface area contributed by atoms with Crippen LogP contribution < -0.4 is 4.74 Å². The number of esters is 2. The van der Waals surface area contributed by atoms with Gasteiger partial charge in [0.2, 0.25) is 0 Å². The molecule has 0 saturated heterocycles. The molecular weight excluding hydrogens is 260 g/mol. The van der Waals surface area contributed by atoms with Crippen LogP contribution in [0.1, 0.15) is 20.7 Å². The highest BCUT2D eigenvalue weighted by Crippen LogP contribution is 2.18. The number of carbonyl (C=O) groups excluding carboxylic acids is 2. The quantitative estimate of drug-likeness (QED) is 0.686. The molecule has 0 atom stereocenters. The third-order valence-corrected chi connectivity index (χ3v) is 2.60. The minimum atomic E-state index is -0.670. The molecule has 0 radical (unpaired) electrons. The predicted octanol–water partition coefficient (Wildman–Crippen LogP) is 2.40. The van der Waals surface area contributed by atoms with Gasteiger partial charge in [0.25, 0.3) is 0 Å². The van der Waals surface area contributed by atoms with Crippen molar-refractivity contribution in [2.24, 2.45) is 0 Å². The van der Waals surface area contributed by atoms with Crippen molar-refractivity contribution in [1.29, 1.82) is 0 Å². The fraction of sp³-hybridized carbons (Fsp3) is 0.0667. The molecule has 2 rings (SSSR count). The molecule has 0 bridgehead atoms. The van der Waals surface area contributed by atoms with Crippen molar-refractivity contribution in [3.63, 3.8) is 0 Å². The standard InChI is InChI=1S/C15H12O5/c1-19-14(17)12-4-2-3-5-13(12)15(18)20-11-8-6-10(16)7-9-11/h2-9,16H,1H3. The van der Waals surface area contributed by atoms with Gasteiger partial charge < -0.3 is 14.6 Å². The molecule has 1 N–H and O–H groups in total. The summed E-state index contributed by atoms with van der Waals surface area (Å²) < 4.78 is 9.75. The van der Waals surface area contributed by atoms with E-state index in [-0.39, 0.29) is 22.6 Å². The van der Waals surface area contributed by atoms with Gasteiger partial charge in [-0.05, 0) is 36.4 Å². The second-order valence-electron chi connectivity index (χ2n) is 3.92. The Kier molecular flexibility index (Phi) is 4.00. The molecule has 0 aliphatic heterocycles. The topological polar surface area (TPSA) is 72.8 Å². The van der Waals surface area contributed by atoms with Crippen LogP contribution in [0.2, 0.25) is 0 Å². The number of hydrogen-bond acceptors (Lipinski definition) is 5. The smallest absolute Gasteiger partial charge is 0.344 e. The first-order valence-electron chi connectivity index (χ1n) is 5.80. The highest BCUT2D eigenvalue weighted by atomic mass is 16.5. The number of hydrogen-bond donors (Lipinski definition) is 1. The fourth-order valence-corrected chi connectivity index (χ4v) is 1.63. The van der Waals surface area contributed by atoms with Crippen molar-refractivity contribution < 1.29 is 24.2 Å². The molecule has 0 spiro atoms.